The quantitative estimate of drug-likeness (QED) is 0.628. The van der Waals surface area contributed by atoms with Crippen LogP contribution in [0.25, 0.3) is 0 Å². The monoisotopic (exact) mass is 194 g/mol. The lowest BCUT2D eigenvalue weighted by molar-refractivity contribution is 0.538. The van der Waals surface area contributed by atoms with Crippen molar-refractivity contribution in [2.24, 2.45) is 0 Å². The highest BCUT2D eigenvalue weighted by atomic mass is 79.9. The summed E-state index contributed by atoms with van der Waals surface area (Å²) in [6.45, 7) is 0. The van der Waals surface area contributed by atoms with Gasteiger partial charge in [0, 0.05) is 5.56 Å². The molecule has 0 saturated heterocycles. The summed E-state index contributed by atoms with van der Waals surface area (Å²) in [5.74, 6) is 0.497. The average Bonchev–Trinajstić information content (AvgIpc) is 2.14. The van der Waals surface area contributed by atoms with E-state index in [9.17, 15) is 0 Å². The summed E-state index contributed by atoms with van der Waals surface area (Å²) < 4.78 is 5.62. The van der Waals surface area contributed by atoms with Gasteiger partial charge >= 0.3 is 0 Å². The van der Waals surface area contributed by atoms with Crippen LogP contribution in [0.3, 0.4) is 0 Å². The minimum absolute atomic E-state index is 0.497. The topological polar surface area (TPSA) is 13.1 Å². The molecule has 0 aliphatic rings. The van der Waals surface area contributed by atoms with Gasteiger partial charge in [-0.2, -0.15) is 0 Å². The smallest absolute Gasteiger partial charge is 0.173 e. The largest absolute Gasteiger partial charge is 0.457 e. The molecule has 0 fully saturated rings. The number of hydrogen-bond donors (Lipinski definition) is 0. The zero-order valence-electron chi connectivity index (χ0n) is 4.03. The van der Waals surface area contributed by atoms with Crippen molar-refractivity contribution in [3.63, 3.8) is 0 Å². The first-order valence-electron chi connectivity index (χ1n) is 2.12. The predicted octanol–water partition coefficient (Wildman–Crippen LogP) is 2.78. The first-order valence-corrected chi connectivity index (χ1v) is 3.45. The van der Waals surface area contributed by atoms with E-state index in [0.29, 0.717) is 5.88 Å². The molecule has 0 amide bonds. The Labute approximate surface area is 60.8 Å². The minimum Gasteiger partial charge on any atom is -0.457 e. The van der Waals surface area contributed by atoms with Gasteiger partial charge in [-0.25, -0.2) is 0 Å². The maximum Gasteiger partial charge on any atom is 0.173 e. The number of rotatable bonds is 1. The molecule has 1 aromatic rings. The van der Waals surface area contributed by atoms with Crippen molar-refractivity contribution in [2.75, 3.05) is 0 Å². The Balaban J connectivity index is 2.92. The number of alkyl halides is 1. The summed E-state index contributed by atoms with van der Waals surface area (Å²) in [4.78, 5) is 0. The van der Waals surface area contributed by atoms with E-state index in [1.807, 2.05) is 6.07 Å². The average molecular weight is 195 g/mol. The molecule has 0 N–H and O–H groups in total. The molecule has 1 rings (SSSR count). The van der Waals surface area contributed by atoms with Crippen molar-refractivity contribution in [2.45, 2.75) is 5.88 Å². The molecule has 3 heteroatoms. The summed E-state index contributed by atoms with van der Waals surface area (Å²) in [6, 6.07) is 1.83. The van der Waals surface area contributed by atoms with E-state index in [1.54, 1.807) is 6.26 Å². The Morgan fingerprint density at radius 2 is 2.50 bits per heavy atom. The van der Waals surface area contributed by atoms with Crippen LogP contribution < -0.4 is 0 Å². The van der Waals surface area contributed by atoms with Crippen LogP contribution in [0.15, 0.2) is 21.4 Å². The van der Waals surface area contributed by atoms with Crippen molar-refractivity contribution >= 4 is 27.5 Å². The van der Waals surface area contributed by atoms with Crippen LogP contribution in [0, 0.1) is 0 Å². The van der Waals surface area contributed by atoms with Crippen molar-refractivity contribution in [3.8, 4) is 0 Å². The van der Waals surface area contributed by atoms with Crippen molar-refractivity contribution in [3.05, 3.63) is 22.6 Å². The molecule has 0 aromatic carbocycles. The molecule has 0 spiro atoms. The zero-order chi connectivity index (χ0) is 5.98. The lowest BCUT2D eigenvalue weighted by Crippen LogP contribution is -1.67. The second-order valence-electron chi connectivity index (χ2n) is 1.35. The summed E-state index contributed by atoms with van der Waals surface area (Å²) in [5.41, 5.74) is 0.992. The second kappa shape index (κ2) is 2.55. The molecule has 1 heterocycles. The highest BCUT2D eigenvalue weighted by Crippen LogP contribution is 2.18. The molecule has 44 valence electrons. The maximum absolute atomic E-state index is 5.48. The van der Waals surface area contributed by atoms with Gasteiger partial charge in [0.1, 0.15) is 0 Å². The van der Waals surface area contributed by atoms with E-state index >= 15 is 0 Å². The minimum atomic E-state index is 0.497. The van der Waals surface area contributed by atoms with Gasteiger partial charge in [-0.3, -0.25) is 0 Å². The van der Waals surface area contributed by atoms with Gasteiger partial charge in [0.25, 0.3) is 0 Å². The van der Waals surface area contributed by atoms with Gasteiger partial charge < -0.3 is 4.42 Å². The summed E-state index contributed by atoms with van der Waals surface area (Å²) in [6.07, 6.45) is 1.60. The second-order valence-corrected chi connectivity index (χ2v) is 2.34. The molecular formula is C5H4BrClO. The Kier molecular flexibility index (Phi) is 1.97. The molecule has 0 aliphatic heterocycles. The molecule has 8 heavy (non-hydrogen) atoms. The number of halogens is 2. The fourth-order valence-corrected chi connectivity index (χ4v) is 1.17. The third-order valence-electron chi connectivity index (χ3n) is 0.837. The molecule has 0 aliphatic carbocycles. The lowest BCUT2D eigenvalue weighted by atomic mass is 10.4. The highest BCUT2D eigenvalue weighted by molar-refractivity contribution is 9.10. The van der Waals surface area contributed by atoms with Crippen molar-refractivity contribution in [1.29, 1.82) is 0 Å². The fourth-order valence-electron chi connectivity index (χ4n) is 0.414. The van der Waals surface area contributed by atoms with Crippen LogP contribution in [0.5, 0.6) is 0 Å². The highest BCUT2D eigenvalue weighted by Gasteiger charge is 1.97. The predicted molar refractivity (Wildman–Crippen MR) is 36.0 cm³/mol. The van der Waals surface area contributed by atoms with Gasteiger partial charge in [0.2, 0.25) is 0 Å². The normalized spacial score (nSPS) is 9.75. The maximum atomic E-state index is 5.48. The molecule has 0 atom stereocenters. The SMILES string of the molecule is ClCc1ccoc1Br. The molecule has 0 bridgehead atoms. The van der Waals surface area contributed by atoms with Crippen molar-refractivity contribution in [1.82, 2.24) is 0 Å². The van der Waals surface area contributed by atoms with Gasteiger partial charge in [-0.1, -0.05) is 0 Å². The number of furan rings is 1. The van der Waals surface area contributed by atoms with E-state index in [1.165, 1.54) is 0 Å². The van der Waals surface area contributed by atoms with Crippen LogP contribution >= 0.6 is 27.5 Å². The van der Waals surface area contributed by atoms with Crippen LogP contribution in [-0.4, -0.2) is 0 Å². The van der Waals surface area contributed by atoms with E-state index in [4.69, 9.17) is 16.0 Å². The lowest BCUT2D eigenvalue weighted by Gasteiger charge is -1.82. The summed E-state index contributed by atoms with van der Waals surface area (Å²) in [5, 5.41) is 0. The van der Waals surface area contributed by atoms with Gasteiger partial charge in [0.15, 0.2) is 4.67 Å². The van der Waals surface area contributed by atoms with E-state index in [-0.39, 0.29) is 0 Å². The summed E-state index contributed by atoms with van der Waals surface area (Å²) >= 11 is 8.66. The number of hydrogen-bond acceptors (Lipinski definition) is 1. The molecular weight excluding hydrogens is 191 g/mol. The molecule has 0 radical (unpaired) electrons. The fraction of sp³-hybridized carbons (Fsp3) is 0.200. The van der Waals surface area contributed by atoms with Gasteiger partial charge in [0.05, 0.1) is 12.1 Å². The Morgan fingerprint density at radius 3 is 2.75 bits per heavy atom. The van der Waals surface area contributed by atoms with Crippen molar-refractivity contribution < 1.29 is 4.42 Å². The van der Waals surface area contributed by atoms with Crippen LogP contribution in [-0.2, 0) is 5.88 Å². The standard InChI is InChI=1S/C5H4BrClO/c6-5-4(3-7)1-2-8-5/h1-2H,3H2. The molecule has 1 nitrogen and oxygen atoms in total. The van der Waals surface area contributed by atoms with Gasteiger partial charge in [-0.05, 0) is 22.0 Å². The van der Waals surface area contributed by atoms with Crippen LogP contribution in [0.2, 0.25) is 0 Å². The van der Waals surface area contributed by atoms with Crippen LogP contribution in [0.4, 0.5) is 0 Å². The first kappa shape index (κ1) is 6.17. The van der Waals surface area contributed by atoms with E-state index < -0.39 is 0 Å². The Morgan fingerprint density at radius 1 is 1.75 bits per heavy atom. The zero-order valence-corrected chi connectivity index (χ0v) is 6.37. The summed E-state index contributed by atoms with van der Waals surface area (Å²) in [7, 11) is 0. The van der Waals surface area contributed by atoms with E-state index in [2.05, 4.69) is 15.9 Å². The van der Waals surface area contributed by atoms with Gasteiger partial charge in [-0.15, -0.1) is 11.6 Å². The van der Waals surface area contributed by atoms with Crippen LogP contribution in [0.1, 0.15) is 5.56 Å². The first-order chi connectivity index (χ1) is 3.84. The van der Waals surface area contributed by atoms with E-state index in [0.717, 1.165) is 10.2 Å². The third-order valence-corrected chi connectivity index (χ3v) is 1.82. The molecule has 0 saturated carbocycles. The molecule has 0 unspecified atom stereocenters. The third kappa shape index (κ3) is 1.06. The molecule has 1 aromatic heterocycles. The Hall–Kier alpha value is 0.0500. The Bertz CT molecular complexity index is 173.